The van der Waals surface area contributed by atoms with Gasteiger partial charge >= 0.3 is 0 Å². The molecule has 0 fully saturated rings. The summed E-state index contributed by atoms with van der Waals surface area (Å²) in [4.78, 5) is 0. The molecular formula is C66H45N3Si. The Bertz CT molecular complexity index is 6740. The summed E-state index contributed by atoms with van der Waals surface area (Å²) in [5.74, 6) is 0. The van der Waals surface area contributed by atoms with E-state index in [0.29, 0.717) is 19.8 Å². The topological polar surface area (TPSA) is 14.8 Å². The second-order valence-electron chi connectivity index (χ2n) is 15.1. The molecule has 0 unspecified atom stereocenters. The number of hydrogen-bond acceptors (Lipinski definition) is 0. The summed E-state index contributed by atoms with van der Waals surface area (Å²) in [6.45, 7) is 0. The van der Waals surface area contributed by atoms with Crippen LogP contribution in [0.15, 0.2) is 272 Å². The van der Waals surface area contributed by atoms with E-state index in [1.807, 2.05) is 0 Å². The summed E-state index contributed by atoms with van der Waals surface area (Å²) < 4.78 is 415. The Morgan fingerprint density at radius 1 is 0.271 bits per heavy atom. The predicted octanol–water partition coefficient (Wildman–Crippen LogP) is 14.0. The van der Waals surface area contributed by atoms with E-state index >= 15 is 0 Å². The minimum absolute atomic E-state index is 0.470. The zero-order valence-corrected chi connectivity index (χ0v) is 35.9. The number of rotatable bonds is 8. The third-order valence-electron chi connectivity index (χ3n) is 11.6. The molecule has 328 valence electrons. The van der Waals surface area contributed by atoms with Gasteiger partial charge in [-0.25, -0.2) is 0 Å². The molecule has 0 aliphatic carbocycles. The molecule has 0 aliphatic rings. The van der Waals surface area contributed by atoms with Crippen LogP contribution in [0.2, 0.25) is 0 Å². The molecule has 0 spiro atoms. The van der Waals surface area contributed by atoms with Gasteiger partial charge in [-0.3, -0.25) is 0 Å². The van der Waals surface area contributed by atoms with Crippen molar-refractivity contribution in [2.45, 2.75) is 0 Å². The van der Waals surface area contributed by atoms with Gasteiger partial charge < -0.3 is 13.7 Å². The van der Waals surface area contributed by atoms with Crippen LogP contribution in [0.5, 0.6) is 0 Å². The van der Waals surface area contributed by atoms with Gasteiger partial charge in [-0.15, -0.1) is 0 Å². The van der Waals surface area contributed by atoms with Gasteiger partial charge in [-0.2, -0.15) is 0 Å². The number of fused-ring (bicyclic) bond motifs is 9. The molecule has 0 saturated carbocycles. The summed E-state index contributed by atoms with van der Waals surface area (Å²) in [6.07, 6.45) is 0. The molecule has 11 aromatic carbocycles. The van der Waals surface area contributed by atoms with E-state index in [4.69, 9.17) is 28.8 Å². The molecule has 0 radical (unpaired) electrons. The zero-order chi connectivity index (χ0) is 84.5. The lowest BCUT2D eigenvalue weighted by atomic mass is 10.0. The van der Waals surface area contributed by atoms with Gasteiger partial charge in [-0.1, -0.05) is 205 Å². The highest BCUT2D eigenvalue weighted by atomic mass is 28.3. The van der Waals surface area contributed by atoms with E-state index in [1.165, 1.54) is 0 Å². The molecule has 3 nitrogen and oxygen atoms in total. The molecule has 70 heavy (non-hydrogen) atoms. The van der Waals surface area contributed by atoms with Gasteiger partial charge in [0.05, 0.1) is 99.1 Å². The highest BCUT2D eigenvalue weighted by molar-refractivity contribution is 7.19. The minimum atomic E-state index is -6.39. The number of hydrogen-bond donors (Lipinski definition) is 0. The first-order chi connectivity index (χ1) is 53.0. The summed E-state index contributed by atoms with van der Waals surface area (Å²) in [7, 11) is -6.39. The number of aromatic nitrogens is 3. The maximum atomic E-state index is 10.6. The molecule has 0 saturated heterocycles. The fourth-order valence-corrected chi connectivity index (χ4v) is 12.3. The van der Waals surface area contributed by atoms with Crippen LogP contribution in [0.3, 0.4) is 0 Å². The predicted molar refractivity (Wildman–Crippen MR) is 299 cm³/mol. The van der Waals surface area contributed by atoms with Crippen molar-refractivity contribution in [3.8, 4) is 28.2 Å². The largest absolute Gasteiger partial charge is 0.309 e. The molecular weight excluding hydrogens is 863 g/mol. The Morgan fingerprint density at radius 3 is 1.31 bits per heavy atom. The molecule has 0 aliphatic heterocycles. The summed E-state index contributed by atoms with van der Waals surface area (Å²) >= 11 is 0. The molecule has 4 heteroatoms. The zero-order valence-electron chi connectivity index (χ0n) is 78.9. The van der Waals surface area contributed by atoms with Crippen LogP contribution < -0.4 is 20.7 Å². The molecule has 3 aromatic heterocycles. The highest BCUT2D eigenvalue weighted by Crippen LogP contribution is 2.41. The van der Waals surface area contributed by atoms with Crippen molar-refractivity contribution in [1.29, 1.82) is 0 Å². The van der Waals surface area contributed by atoms with Crippen LogP contribution in [0.1, 0.15) is 60.3 Å². The maximum absolute atomic E-state index is 10.6. The maximum Gasteiger partial charge on any atom is 0.179 e. The third-order valence-corrected chi connectivity index (χ3v) is 15.7. The molecule has 0 atom stereocenters. The lowest BCUT2D eigenvalue weighted by Gasteiger charge is -2.34. The van der Waals surface area contributed by atoms with Gasteiger partial charge in [0.1, 0.15) is 0 Å². The van der Waals surface area contributed by atoms with Crippen LogP contribution in [0.25, 0.3) is 93.6 Å². The van der Waals surface area contributed by atoms with E-state index in [2.05, 4.69) is 0 Å². The molecule has 3 heterocycles. The first-order valence-electron chi connectivity index (χ1n) is 42.6. The lowest BCUT2D eigenvalue weighted by molar-refractivity contribution is 1.15. The quantitative estimate of drug-likeness (QED) is 0.106. The number of nitrogens with zero attached hydrogens (tertiary/aromatic N) is 3. The minimum Gasteiger partial charge on any atom is -0.309 e. The van der Waals surface area contributed by atoms with E-state index in [1.54, 1.807) is 0 Å². The van der Waals surface area contributed by atoms with Gasteiger partial charge in [0.2, 0.25) is 0 Å². The smallest absolute Gasteiger partial charge is 0.179 e. The standard InChI is InChI=1S/C66H45N3Si/c1-4-20-49(21-5-1)70(50-22-6-2-7-23-50,51-24-8-3-9-25-51)52-40-37-47(38-41-52)67-61-32-16-11-29-56(61)58-42-39-48(45-66(58)67)68-62-33-17-14-30-57(62)59-44-46(36-43-65(59)68)53-26-10-15-31-60(53)69-63-34-18-12-27-54(63)55-28-13-19-35-64(55)69/h1-45H/i1D,2D,3D,4D,5D,6D,7D,8D,9D,10D,11D,12D,13D,14D,15D,16D,17D,18D,19D,20D,21D,22D,23D,24D,26D,27D,28D,29D,30D,31D,32D,33D,34D,35D,36D,37D,38D,39D,40D,41D,42D,43D,44D,45D. The Hall–Kier alpha value is -8.96. The van der Waals surface area contributed by atoms with Crippen molar-refractivity contribution in [3.63, 3.8) is 0 Å². The molecule has 0 amide bonds. The Kier molecular flexibility index (Phi) is 3.63. The van der Waals surface area contributed by atoms with Gasteiger partial charge in [0.15, 0.2) is 8.07 Å². The molecule has 14 aromatic rings. The number of para-hydroxylation sites is 5. The van der Waals surface area contributed by atoms with Crippen molar-refractivity contribution in [1.82, 2.24) is 13.7 Å². The molecule has 14 rings (SSSR count). The first kappa shape index (κ1) is 15.8. The second kappa shape index (κ2) is 16.1. The van der Waals surface area contributed by atoms with Crippen LogP contribution >= 0.6 is 0 Å². The Balaban J connectivity index is 1.19. The highest BCUT2D eigenvalue weighted by Gasteiger charge is 2.41. The first-order valence-corrected chi connectivity index (χ1v) is 22.6. The van der Waals surface area contributed by atoms with Crippen LogP contribution in [-0.4, -0.2) is 21.8 Å². The van der Waals surface area contributed by atoms with Crippen molar-refractivity contribution in [3.05, 3.63) is 272 Å². The van der Waals surface area contributed by atoms with Gasteiger partial charge in [-0.05, 0) is 92.8 Å². The van der Waals surface area contributed by atoms with E-state index in [9.17, 15) is 31.5 Å². The van der Waals surface area contributed by atoms with Crippen molar-refractivity contribution in [2.75, 3.05) is 0 Å². The van der Waals surface area contributed by atoms with E-state index in [0.717, 1.165) is 0 Å². The second-order valence-corrected chi connectivity index (χ2v) is 18.6. The number of benzene rings is 11. The summed E-state index contributed by atoms with van der Waals surface area (Å²) in [5.41, 5.74) is -10.8. The average Bonchev–Trinajstić information content (AvgIpc) is 1.18. The van der Waals surface area contributed by atoms with Crippen LogP contribution in [0, 0.1) is 0 Å². The summed E-state index contributed by atoms with van der Waals surface area (Å²) in [6, 6.07) is -51.2. The fraction of sp³-hybridized carbons (Fsp3) is 0. The third kappa shape index (κ3) is 6.00. The van der Waals surface area contributed by atoms with Crippen molar-refractivity contribution >= 4 is 94.2 Å². The van der Waals surface area contributed by atoms with Gasteiger partial charge in [0.25, 0.3) is 0 Å². The Morgan fingerprint density at radius 2 is 0.700 bits per heavy atom. The fourth-order valence-electron chi connectivity index (χ4n) is 8.74. The van der Waals surface area contributed by atoms with Crippen LogP contribution in [0.4, 0.5) is 0 Å². The lowest BCUT2D eigenvalue weighted by Crippen LogP contribution is -2.74. The molecule has 0 N–H and O–H groups in total. The normalized spacial score (nSPS) is 20.8. The van der Waals surface area contributed by atoms with E-state index in [-0.39, 0.29) is 0 Å². The van der Waals surface area contributed by atoms with E-state index < -0.39 is 388 Å². The van der Waals surface area contributed by atoms with Crippen molar-refractivity contribution < 1.29 is 60.3 Å². The van der Waals surface area contributed by atoms with Crippen LogP contribution in [-0.2, 0) is 0 Å². The molecule has 0 bridgehead atoms. The Labute approximate surface area is 468 Å². The average molecular weight is 952 g/mol. The SMILES string of the molecule is [2H]c1cc([Si](c2c([2H])c([2H])c([2H])c([2H])c2[2H])(c2c([2H])c([2H])c([2H])c([2H])c2[2H])c2c([2H])c([2H])c(-n3c4c([2H])c([2H])c([2H])c([2H])c4c4c([2H])c([2H])c(-n5c6c([2H])c([2H])c([2H])c([2H])c6c6c([2H])c(-c7c([2H])c([2H])c([2H])c([2H])c7-n7c8c([2H])c([2H])c([2H])c([2H])c8c8c([2H])c([2H])c([2H])c([2H])c87)c([2H])c([2H])c65)c([2H])c43)c([2H])c2[2H])c([2H])c([2H])c1[2H]. The summed E-state index contributed by atoms with van der Waals surface area (Å²) in [5, 5.41) is -9.26. The van der Waals surface area contributed by atoms with Crippen molar-refractivity contribution in [2.24, 2.45) is 0 Å². The monoisotopic (exact) mass is 952 g/mol. The van der Waals surface area contributed by atoms with Gasteiger partial charge in [0, 0.05) is 49.3 Å².